The zero-order valence-electron chi connectivity index (χ0n) is 8.23. The second-order valence-corrected chi connectivity index (χ2v) is 3.63. The molecule has 2 N–H and O–H groups in total. The summed E-state index contributed by atoms with van der Waals surface area (Å²) in [5, 5.41) is 13.0. The van der Waals surface area contributed by atoms with E-state index in [9.17, 15) is 5.11 Å². The molecule has 1 aromatic rings. The zero-order valence-corrected chi connectivity index (χ0v) is 8.23. The number of anilines is 1. The van der Waals surface area contributed by atoms with Gasteiger partial charge in [0.2, 0.25) is 0 Å². The van der Waals surface area contributed by atoms with Crippen molar-refractivity contribution in [3.8, 4) is 0 Å². The number of hydrogen-bond acceptors (Lipinski definition) is 3. The second kappa shape index (κ2) is 3.98. The first-order valence-corrected chi connectivity index (χ1v) is 4.82. The Balaban J connectivity index is 2.04. The zero-order chi connectivity index (χ0) is 9.97. The van der Waals surface area contributed by atoms with Crippen LogP contribution < -0.4 is 5.32 Å². The van der Waals surface area contributed by atoms with E-state index >= 15 is 0 Å². The Bertz CT molecular complexity index is 289. The van der Waals surface area contributed by atoms with Crippen LogP contribution >= 0.6 is 0 Å². The van der Waals surface area contributed by atoms with Gasteiger partial charge < -0.3 is 15.2 Å². The number of hydrogen-bond donors (Lipinski definition) is 2. The molecule has 14 heavy (non-hydrogen) atoms. The van der Waals surface area contributed by atoms with Crippen LogP contribution in [-0.4, -0.2) is 31.0 Å². The van der Waals surface area contributed by atoms with Crippen molar-refractivity contribution < 1.29 is 9.84 Å². The van der Waals surface area contributed by atoms with Crippen molar-refractivity contribution in [2.45, 2.75) is 18.6 Å². The minimum Gasteiger partial charge on any atom is -0.389 e. The third-order valence-electron chi connectivity index (χ3n) is 2.60. The summed E-state index contributed by atoms with van der Waals surface area (Å²) >= 11 is 0. The van der Waals surface area contributed by atoms with E-state index in [1.165, 1.54) is 5.56 Å². The first-order chi connectivity index (χ1) is 6.81. The molecule has 1 aliphatic heterocycles. The fourth-order valence-electron chi connectivity index (χ4n) is 1.85. The summed E-state index contributed by atoms with van der Waals surface area (Å²) in [6, 6.07) is 8.23. The molecular weight excluding hydrogens is 178 g/mol. The number of ether oxygens (including phenoxy) is 1. The molecule has 3 heteroatoms. The highest BCUT2D eigenvalue weighted by Crippen LogP contribution is 2.26. The third-order valence-corrected chi connectivity index (χ3v) is 2.60. The molecule has 1 heterocycles. The van der Waals surface area contributed by atoms with Crippen molar-refractivity contribution in [2.24, 2.45) is 0 Å². The van der Waals surface area contributed by atoms with Crippen LogP contribution in [0.2, 0.25) is 0 Å². The van der Waals surface area contributed by atoms with Gasteiger partial charge in [-0.25, -0.2) is 0 Å². The van der Waals surface area contributed by atoms with Crippen LogP contribution in [0.25, 0.3) is 0 Å². The summed E-state index contributed by atoms with van der Waals surface area (Å²) in [4.78, 5) is 0. The number of benzene rings is 1. The van der Waals surface area contributed by atoms with Gasteiger partial charge >= 0.3 is 0 Å². The fourth-order valence-corrected chi connectivity index (χ4v) is 1.85. The summed E-state index contributed by atoms with van der Waals surface area (Å²) in [6.07, 6.45) is 0.438. The number of nitrogens with one attached hydrogen (secondary N) is 1. The van der Waals surface area contributed by atoms with Crippen molar-refractivity contribution in [3.05, 3.63) is 29.8 Å². The number of aliphatic hydroxyl groups is 1. The quantitative estimate of drug-likeness (QED) is 0.753. The summed E-state index contributed by atoms with van der Waals surface area (Å²) < 4.78 is 4.92. The fraction of sp³-hybridized carbons (Fsp3) is 0.455. The number of rotatable bonds is 3. The van der Waals surface area contributed by atoms with Crippen LogP contribution in [0.3, 0.4) is 0 Å². The van der Waals surface area contributed by atoms with Gasteiger partial charge in [0, 0.05) is 12.8 Å². The number of para-hydroxylation sites is 1. The predicted octanol–water partition coefficient (Wildman–Crippen LogP) is 1.03. The Hall–Kier alpha value is -1.06. The molecule has 1 aromatic carbocycles. The van der Waals surface area contributed by atoms with Crippen LogP contribution in [0.4, 0.5) is 5.69 Å². The van der Waals surface area contributed by atoms with Gasteiger partial charge in [0.25, 0.3) is 0 Å². The second-order valence-electron chi connectivity index (χ2n) is 3.63. The van der Waals surface area contributed by atoms with Gasteiger partial charge in [0.15, 0.2) is 0 Å². The van der Waals surface area contributed by atoms with Gasteiger partial charge in [-0.3, -0.25) is 0 Å². The van der Waals surface area contributed by atoms with Crippen molar-refractivity contribution in [2.75, 3.05) is 19.0 Å². The van der Waals surface area contributed by atoms with E-state index < -0.39 is 6.10 Å². The topological polar surface area (TPSA) is 41.5 Å². The third kappa shape index (κ3) is 1.74. The van der Waals surface area contributed by atoms with E-state index in [1.54, 1.807) is 7.11 Å². The molecule has 0 aromatic heterocycles. The number of fused-ring (bicyclic) bond motifs is 1. The summed E-state index contributed by atoms with van der Waals surface area (Å²) in [7, 11) is 1.60. The molecule has 0 amide bonds. The molecule has 0 spiro atoms. The lowest BCUT2D eigenvalue weighted by Crippen LogP contribution is -2.34. The van der Waals surface area contributed by atoms with E-state index in [-0.39, 0.29) is 6.04 Å². The van der Waals surface area contributed by atoms with Crippen LogP contribution in [0, 0.1) is 0 Å². The lowest BCUT2D eigenvalue weighted by atomic mass is 10.1. The maximum absolute atomic E-state index is 9.73. The van der Waals surface area contributed by atoms with Crippen LogP contribution in [-0.2, 0) is 11.2 Å². The van der Waals surface area contributed by atoms with E-state index in [0.717, 1.165) is 12.1 Å². The highest BCUT2D eigenvalue weighted by molar-refractivity contribution is 5.56. The van der Waals surface area contributed by atoms with Gasteiger partial charge in [-0.2, -0.15) is 0 Å². The lowest BCUT2D eigenvalue weighted by Gasteiger charge is -2.17. The van der Waals surface area contributed by atoms with Crippen LogP contribution in [0.5, 0.6) is 0 Å². The maximum atomic E-state index is 9.73. The Kier molecular flexibility index (Phi) is 2.70. The molecule has 0 aliphatic carbocycles. The van der Waals surface area contributed by atoms with Crippen molar-refractivity contribution in [1.82, 2.24) is 0 Å². The van der Waals surface area contributed by atoms with E-state index in [4.69, 9.17) is 4.74 Å². The minimum absolute atomic E-state index is 0.0901. The summed E-state index contributed by atoms with van der Waals surface area (Å²) in [6.45, 7) is 0.381. The van der Waals surface area contributed by atoms with Crippen LogP contribution in [0.1, 0.15) is 5.56 Å². The molecule has 0 bridgehead atoms. The molecule has 0 radical (unpaired) electrons. The first kappa shape index (κ1) is 9.49. The molecule has 3 nitrogen and oxygen atoms in total. The average Bonchev–Trinajstić information content (AvgIpc) is 2.61. The van der Waals surface area contributed by atoms with Gasteiger partial charge in [-0.05, 0) is 18.1 Å². The minimum atomic E-state index is -0.438. The molecule has 1 aliphatic rings. The molecule has 2 unspecified atom stereocenters. The SMILES string of the molecule is COCC(O)C1Cc2ccccc2N1. The van der Waals surface area contributed by atoms with Crippen LogP contribution in [0.15, 0.2) is 24.3 Å². The number of aliphatic hydroxyl groups excluding tert-OH is 1. The predicted molar refractivity (Wildman–Crippen MR) is 55.4 cm³/mol. The maximum Gasteiger partial charge on any atom is 0.0977 e. The summed E-state index contributed by atoms with van der Waals surface area (Å²) in [5.41, 5.74) is 2.40. The largest absolute Gasteiger partial charge is 0.389 e. The smallest absolute Gasteiger partial charge is 0.0977 e. The standard InChI is InChI=1S/C11H15NO2/c1-14-7-11(13)10-6-8-4-2-3-5-9(8)12-10/h2-5,10-13H,6-7H2,1H3. The van der Waals surface area contributed by atoms with Gasteiger partial charge in [-0.15, -0.1) is 0 Å². The molecule has 0 fully saturated rings. The molecule has 76 valence electrons. The van der Waals surface area contributed by atoms with E-state index in [0.29, 0.717) is 6.61 Å². The molecule has 2 atom stereocenters. The normalized spacial score (nSPS) is 21.4. The Morgan fingerprint density at radius 1 is 1.57 bits per heavy atom. The Morgan fingerprint density at radius 3 is 3.07 bits per heavy atom. The molecule has 0 saturated heterocycles. The average molecular weight is 193 g/mol. The van der Waals surface area contributed by atoms with E-state index in [1.807, 2.05) is 18.2 Å². The molecule has 2 rings (SSSR count). The van der Waals surface area contributed by atoms with Gasteiger partial charge in [-0.1, -0.05) is 18.2 Å². The van der Waals surface area contributed by atoms with Gasteiger partial charge in [0.1, 0.15) is 0 Å². The Morgan fingerprint density at radius 2 is 2.36 bits per heavy atom. The van der Waals surface area contributed by atoms with Crippen molar-refractivity contribution in [3.63, 3.8) is 0 Å². The van der Waals surface area contributed by atoms with Crippen molar-refractivity contribution in [1.29, 1.82) is 0 Å². The van der Waals surface area contributed by atoms with Gasteiger partial charge in [0.05, 0.1) is 18.8 Å². The highest BCUT2D eigenvalue weighted by atomic mass is 16.5. The number of methoxy groups -OCH3 is 1. The van der Waals surface area contributed by atoms with Crippen molar-refractivity contribution >= 4 is 5.69 Å². The molecule has 0 saturated carbocycles. The summed E-state index contributed by atoms with van der Waals surface area (Å²) in [5.74, 6) is 0. The van der Waals surface area contributed by atoms with E-state index in [2.05, 4.69) is 11.4 Å². The monoisotopic (exact) mass is 193 g/mol. The highest BCUT2D eigenvalue weighted by Gasteiger charge is 2.26. The lowest BCUT2D eigenvalue weighted by molar-refractivity contribution is 0.0536. The molecular formula is C11H15NO2. The Labute approximate surface area is 83.7 Å². The first-order valence-electron chi connectivity index (χ1n) is 4.82.